The lowest BCUT2D eigenvalue weighted by Gasteiger charge is -2.23. The summed E-state index contributed by atoms with van der Waals surface area (Å²) in [5, 5.41) is 0. The van der Waals surface area contributed by atoms with Crippen LogP contribution in [0.15, 0.2) is 24.5 Å². The minimum atomic E-state index is -0.542. The number of benzene rings is 1. The van der Waals surface area contributed by atoms with Gasteiger partial charge in [0.1, 0.15) is 17.7 Å². The molecule has 1 nitrogen and oxygen atoms in total. The summed E-state index contributed by atoms with van der Waals surface area (Å²) >= 11 is 0. The average Bonchev–Trinajstić information content (AvgIpc) is 3.13. The van der Waals surface area contributed by atoms with Gasteiger partial charge in [-0.1, -0.05) is 0 Å². The molecule has 0 N–H and O–H groups in total. The zero-order valence-electron chi connectivity index (χ0n) is 9.46. The van der Waals surface area contributed by atoms with Crippen LogP contribution in [-0.2, 0) is 4.74 Å². The summed E-state index contributed by atoms with van der Waals surface area (Å²) in [7, 11) is 0. The van der Waals surface area contributed by atoms with Crippen LogP contribution < -0.4 is 0 Å². The van der Waals surface area contributed by atoms with Crippen molar-refractivity contribution in [1.82, 2.24) is 0 Å². The van der Waals surface area contributed by atoms with Crippen LogP contribution in [0.4, 0.5) is 8.78 Å². The highest BCUT2D eigenvalue weighted by Crippen LogP contribution is 2.40. The predicted octanol–water partition coefficient (Wildman–Crippen LogP) is 3.89. The fourth-order valence-corrected chi connectivity index (χ4v) is 2.36. The lowest BCUT2D eigenvalue weighted by Crippen LogP contribution is -2.16. The molecular formula is C14H14F2O. The van der Waals surface area contributed by atoms with Crippen molar-refractivity contribution in [3.05, 3.63) is 41.7 Å². The van der Waals surface area contributed by atoms with Gasteiger partial charge in [-0.2, -0.15) is 0 Å². The zero-order valence-corrected chi connectivity index (χ0v) is 9.46. The Balaban J connectivity index is 1.80. The molecule has 17 heavy (non-hydrogen) atoms. The van der Waals surface area contributed by atoms with E-state index in [0.717, 1.165) is 24.5 Å². The van der Waals surface area contributed by atoms with Crippen LogP contribution >= 0.6 is 0 Å². The van der Waals surface area contributed by atoms with Gasteiger partial charge in [0.15, 0.2) is 0 Å². The largest absolute Gasteiger partial charge is 0.497 e. The second-order valence-electron chi connectivity index (χ2n) is 4.82. The third-order valence-electron chi connectivity index (χ3n) is 3.51. The topological polar surface area (TPSA) is 9.23 Å². The Hall–Kier alpha value is -1.38. The Morgan fingerprint density at radius 1 is 1.12 bits per heavy atom. The zero-order chi connectivity index (χ0) is 11.8. The summed E-state index contributed by atoms with van der Waals surface area (Å²) in [6.45, 7) is 0. The Morgan fingerprint density at radius 2 is 1.94 bits per heavy atom. The van der Waals surface area contributed by atoms with E-state index in [1.807, 2.05) is 0 Å². The van der Waals surface area contributed by atoms with Gasteiger partial charge in [0.05, 0.1) is 6.26 Å². The van der Waals surface area contributed by atoms with Gasteiger partial charge in [0.2, 0.25) is 0 Å². The highest BCUT2D eigenvalue weighted by Gasteiger charge is 2.33. The summed E-state index contributed by atoms with van der Waals surface area (Å²) in [5.74, 6) is -0.352. The maximum Gasteiger partial charge on any atom is 0.133 e. The van der Waals surface area contributed by atoms with E-state index >= 15 is 0 Å². The van der Waals surface area contributed by atoms with Crippen LogP contribution in [0.1, 0.15) is 31.2 Å². The third-order valence-corrected chi connectivity index (χ3v) is 3.51. The monoisotopic (exact) mass is 236 g/mol. The van der Waals surface area contributed by atoms with Gasteiger partial charge in [-0.3, -0.25) is 0 Å². The van der Waals surface area contributed by atoms with E-state index in [9.17, 15) is 8.78 Å². The first-order valence-electron chi connectivity index (χ1n) is 6.04. The maximum absolute atomic E-state index is 13.6. The molecule has 0 radical (unpaired) electrons. The van der Waals surface area contributed by atoms with Gasteiger partial charge >= 0.3 is 0 Å². The molecule has 1 aromatic rings. The molecule has 1 atom stereocenters. The van der Waals surface area contributed by atoms with E-state index in [-0.39, 0.29) is 0 Å². The van der Waals surface area contributed by atoms with E-state index in [1.165, 1.54) is 25.0 Å². The molecule has 1 aromatic carbocycles. The first-order chi connectivity index (χ1) is 8.24. The van der Waals surface area contributed by atoms with Gasteiger partial charge < -0.3 is 4.74 Å². The molecule has 3 heteroatoms. The molecule has 0 bridgehead atoms. The molecule has 1 fully saturated rings. The molecule has 1 aliphatic carbocycles. The Labute approximate surface area is 99.1 Å². The van der Waals surface area contributed by atoms with Crippen LogP contribution in [0, 0.1) is 17.6 Å². The fraction of sp³-hybridized carbons (Fsp3) is 0.429. The van der Waals surface area contributed by atoms with Gasteiger partial charge in [0.25, 0.3) is 0 Å². The second-order valence-corrected chi connectivity index (χ2v) is 4.82. The summed E-state index contributed by atoms with van der Waals surface area (Å²) in [6, 6.07) is 3.69. The van der Waals surface area contributed by atoms with Crippen molar-refractivity contribution in [2.24, 2.45) is 5.92 Å². The normalized spacial score (nSPS) is 24.1. The van der Waals surface area contributed by atoms with E-state index in [0.29, 0.717) is 17.6 Å². The quantitative estimate of drug-likeness (QED) is 0.756. The standard InChI is InChI=1S/C14H14F2O/c15-11-4-5-12(13(16)7-11)10-3-6-14(17-8-10)9-1-2-9/h4-5,7-9,14H,1-3,6H2/t14-/m1/s1. The highest BCUT2D eigenvalue weighted by atomic mass is 19.1. The van der Waals surface area contributed by atoms with Crippen molar-refractivity contribution in [3.63, 3.8) is 0 Å². The van der Waals surface area contributed by atoms with Crippen LogP contribution in [0.2, 0.25) is 0 Å². The first-order valence-corrected chi connectivity index (χ1v) is 6.04. The Morgan fingerprint density at radius 3 is 2.53 bits per heavy atom. The van der Waals surface area contributed by atoms with Crippen molar-refractivity contribution < 1.29 is 13.5 Å². The van der Waals surface area contributed by atoms with E-state index in [1.54, 1.807) is 6.26 Å². The first kappa shape index (κ1) is 10.8. The molecule has 0 saturated heterocycles. The number of ether oxygens (including phenoxy) is 1. The molecule has 90 valence electrons. The minimum absolute atomic E-state index is 0.308. The predicted molar refractivity (Wildman–Crippen MR) is 61.2 cm³/mol. The third kappa shape index (κ3) is 2.19. The van der Waals surface area contributed by atoms with Crippen molar-refractivity contribution >= 4 is 5.57 Å². The molecule has 1 aliphatic heterocycles. The van der Waals surface area contributed by atoms with Crippen LogP contribution in [0.3, 0.4) is 0 Å². The summed E-state index contributed by atoms with van der Waals surface area (Å²) in [5.41, 5.74) is 1.29. The molecule has 2 aliphatic rings. The number of rotatable bonds is 2. The molecule has 1 heterocycles. The molecule has 0 spiro atoms. The Bertz CT molecular complexity index is 463. The lowest BCUT2D eigenvalue weighted by atomic mass is 9.96. The molecule has 0 amide bonds. The minimum Gasteiger partial charge on any atom is -0.497 e. The van der Waals surface area contributed by atoms with Gasteiger partial charge in [-0.05, 0) is 49.3 Å². The van der Waals surface area contributed by atoms with Crippen molar-refractivity contribution in [3.8, 4) is 0 Å². The maximum atomic E-state index is 13.6. The smallest absolute Gasteiger partial charge is 0.133 e. The molecule has 0 unspecified atom stereocenters. The van der Waals surface area contributed by atoms with Gasteiger partial charge in [-0.25, -0.2) is 8.78 Å². The van der Waals surface area contributed by atoms with Gasteiger partial charge in [0, 0.05) is 11.6 Å². The lowest BCUT2D eigenvalue weighted by molar-refractivity contribution is 0.107. The summed E-state index contributed by atoms with van der Waals surface area (Å²) in [4.78, 5) is 0. The van der Waals surface area contributed by atoms with Crippen LogP contribution in [0.5, 0.6) is 0 Å². The van der Waals surface area contributed by atoms with Crippen molar-refractivity contribution in [2.75, 3.05) is 0 Å². The number of hydrogen-bond donors (Lipinski definition) is 0. The van der Waals surface area contributed by atoms with E-state index in [4.69, 9.17) is 4.74 Å². The molecule has 1 saturated carbocycles. The number of hydrogen-bond acceptors (Lipinski definition) is 1. The SMILES string of the molecule is Fc1ccc(C2=CO[C@@H](C3CC3)CC2)c(F)c1. The molecular weight excluding hydrogens is 222 g/mol. The van der Waals surface area contributed by atoms with Crippen molar-refractivity contribution in [2.45, 2.75) is 31.8 Å². The average molecular weight is 236 g/mol. The summed E-state index contributed by atoms with van der Waals surface area (Å²) < 4.78 is 32.0. The van der Waals surface area contributed by atoms with Crippen molar-refractivity contribution in [1.29, 1.82) is 0 Å². The Kier molecular flexibility index (Phi) is 2.61. The van der Waals surface area contributed by atoms with Crippen LogP contribution in [0.25, 0.3) is 5.57 Å². The number of allylic oxidation sites excluding steroid dienone is 1. The van der Waals surface area contributed by atoms with Gasteiger partial charge in [-0.15, -0.1) is 0 Å². The molecule has 3 rings (SSSR count). The fourth-order valence-electron chi connectivity index (χ4n) is 2.36. The molecule has 0 aromatic heterocycles. The number of halogens is 2. The second kappa shape index (κ2) is 4.13. The van der Waals surface area contributed by atoms with E-state index in [2.05, 4.69) is 0 Å². The highest BCUT2D eigenvalue weighted by molar-refractivity contribution is 5.65. The van der Waals surface area contributed by atoms with Crippen LogP contribution in [-0.4, -0.2) is 6.10 Å². The van der Waals surface area contributed by atoms with E-state index < -0.39 is 11.6 Å². The summed E-state index contributed by atoms with van der Waals surface area (Å²) in [6.07, 6.45) is 6.21.